The molecular weight excluding hydrogens is 478 g/mol. The lowest BCUT2D eigenvalue weighted by Crippen LogP contribution is -2.52. The van der Waals surface area contributed by atoms with Crippen molar-refractivity contribution in [3.63, 3.8) is 0 Å². The molecule has 0 radical (unpaired) electrons. The van der Waals surface area contributed by atoms with Crippen LogP contribution in [-0.4, -0.2) is 65.7 Å². The van der Waals surface area contributed by atoms with Gasteiger partial charge in [0.15, 0.2) is 0 Å². The van der Waals surface area contributed by atoms with Gasteiger partial charge in [-0.25, -0.2) is 0 Å². The number of aromatic nitrogens is 1. The number of nitrogens with two attached hydrogens (primary N) is 1. The van der Waals surface area contributed by atoms with Crippen molar-refractivity contribution >= 4 is 29.5 Å². The largest absolute Gasteiger partial charge is 0.372 e. The summed E-state index contributed by atoms with van der Waals surface area (Å²) in [5.74, 6) is 0.0732. The first-order chi connectivity index (χ1) is 18.6. The average molecular weight is 518 g/mol. The summed E-state index contributed by atoms with van der Waals surface area (Å²) in [6, 6.07) is 20.7. The minimum absolute atomic E-state index is 0.0732. The van der Waals surface area contributed by atoms with Gasteiger partial charge in [-0.1, -0.05) is 73.9 Å². The molecule has 1 aromatic heterocycles. The second-order valence-electron chi connectivity index (χ2n) is 9.59. The van der Waals surface area contributed by atoms with Crippen molar-refractivity contribution in [3.05, 3.63) is 78.1 Å². The number of hydrogen-bond acceptors (Lipinski definition) is 5. The third-order valence-electron chi connectivity index (χ3n) is 7.16. The molecule has 2 aliphatic rings. The molecule has 2 fully saturated rings. The van der Waals surface area contributed by atoms with Gasteiger partial charge in [0.05, 0.1) is 6.04 Å². The first-order valence-electron chi connectivity index (χ1n) is 13.4. The maximum Gasteiger partial charge on any atom is 0.272 e. The highest BCUT2D eigenvalue weighted by Gasteiger charge is 2.27. The van der Waals surface area contributed by atoms with Gasteiger partial charge >= 0.3 is 0 Å². The molecule has 3 aromatic rings. The zero-order valence-corrected chi connectivity index (χ0v) is 22.2. The molecule has 3 N–H and O–H groups in total. The molecule has 8 nitrogen and oxygen atoms in total. The van der Waals surface area contributed by atoms with Gasteiger partial charge in [-0.05, 0) is 36.8 Å². The number of benzene rings is 2. The standard InChI is InChI=1S/C20H25N3O.C9H11NO.CH3NO/c24-20(19-14-16-6-4-5-7-17(16)15-21-19)23-12-10-22(11-13-23)18-8-2-1-3-9-18;1-8(10-7-11)9-5-3-2-4-6-9;2-1-3/h4-7,14-15,18H,1-3,8-13H2;2-8H,1H3,(H,10,11);1H,(H2,2,3). The summed E-state index contributed by atoms with van der Waals surface area (Å²) in [4.78, 5) is 40.4. The zero-order valence-electron chi connectivity index (χ0n) is 22.2. The topological polar surface area (TPSA) is 109 Å². The summed E-state index contributed by atoms with van der Waals surface area (Å²) < 4.78 is 0. The van der Waals surface area contributed by atoms with Crippen molar-refractivity contribution in [2.24, 2.45) is 5.73 Å². The minimum Gasteiger partial charge on any atom is -0.372 e. The van der Waals surface area contributed by atoms with Gasteiger partial charge in [-0.2, -0.15) is 0 Å². The second-order valence-corrected chi connectivity index (χ2v) is 9.59. The minimum atomic E-state index is 0.0732. The van der Waals surface area contributed by atoms with Gasteiger partial charge < -0.3 is 16.0 Å². The summed E-state index contributed by atoms with van der Waals surface area (Å²) in [5, 5.41) is 4.84. The number of amides is 3. The Labute approximate surface area is 225 Å². The molecule has 3 amide bonds. The van der Waals surface area contributed by atoms with E-state index in [0.29, 0.717) is 5.69 Å². The molecule has 1 saturated heterocycles. The van der Waals surface area contributed by atoms with Crippen molar-refractivity contribution in [2.45, 2.75) is 51.1 Å². The average Bonchev–Trinajstić information content (AvgIpc) is 2.98. The zero-order chi connectivity index (χ0) is 27.2. The van der Waals surface area contributed by atoms with Gasteiger partial charge in [0, 0.05) is 43.8 Å². The summed E-state index contributed by atoms with van der Waals surface area (Å²) in [5.41, 5.74) is 5.86. The molecule has 0 spiro atoms. The summed E-state index contributed by atoms with van der Waals surface area (Å²) >= 11 is 0. The van der Waals surface area contributed by atoms with Gasteiger partial charge in [0.1, 0.15) is 5.69 Å². The fourth-order valence-electron chi connectivity index (χ4n) is 5.04. The number of pyridine rings is 1. The smallest absolute Gasteiger partial charge is 0.272 e. The lowest BCUT2D eigenvalue weighted by atomic mass is 9.94. The Balaban J connectivity index is 0.000000239. The van der Waals surface area contributed by atoms with Crippen LogP contribution >= 0.6 is 0 Å². The molecule has 202 valence electrons. The lowest BCUT2D eigenvalue weighted by Gasteiger charge is -2.40. The van der Waals surface area contributed by atoms with Crippen molar-refractivity contribution < 1.29 is 14.4 Å². The van der Waals surface area contributed by atoms with Crippen LogP contribution < -0.4 is 11.1 Å². The number of hydrogen-bond donors (Lipinski definition) is 2. The van der Waals surface area contributed by atoms with E-state index in [-0.39, 0.29) is 18.4 Å². The molecule has 1 saturated carbocycles. The molecule has 38 heavy (non-hydrogen) atoms. The van der Waals surface area contributed by atoms with E-state index >= 15 is 0 Å². The van der Waals surface area contributed by atoms with Crippen LogP contribution in [0.3, 0.4) is 0 Å². The molecule has 8 heteroatoms. The van der Waals surface area contributed by atoms with Crippen LogP contribution in [0.1, 0.15) is 61.1 Å². The fraction of sp³-hybridized carbons (Fsp3) is 0.400. The van der Waals surface area contributed by atoms with E-state index in [1.54, 1.807) is 6.20 Å². The van der Waals surface area contributed by atoms with E-state index in [1.807, 2.05) is 72.5 Å². The molecule has 1 aliphatic carbocycles. The predicted molar refractivity (Wildman–Crippen MR) is 150 cm³/mol. The molecule has 1 atom stereocenters. The Kier molecular flexibility index (Phi) is 11.7. The van der Waals surface area contributed by atoms with E-state index in [0.717, 1.165) is 55.0 Å². The number of fused-ring (bicyclic) bond motifs is 1. The van der Waals surface area contributed by atoms with Crippen LogP contribution in [0.2, 0.25) is 0 Å². The van der Waals surface area contributed by atoms with E-state index in [9.17, 15) is 9.59 Å². The van der Waals surface area contributed by atoms with Gasteiger partial charge in [0.25, 0.3) is 5.91 Å². The maximum atomic E-state index is 12.8. The third kappa shape index (κ3) is 8.38. The van der Waals surface area contributed by atoms with Gasteiger partial charge in [-0.15, -0.1) is 0 Å². The highest BCUT2D eigenvalue weighted by molar-refractivity contribution is 5.96. The number of piperazine rings is 1. The number of primary amides is 1. The summed E-state index contributed by atoms with van der Waals surface area (Å²) in [6.45, 7) is 5.60. The van der Waals surface area contributed by atoms with Crippen LogP contribution in [0.15, 0.2) is 66.9 Å². The number of carbonyl (C=O) groups is 3. The Morgan fingerprint density at radius 2 is 1.55 bits per heavy atom. The highest BCUT2D eigenvalue weighted by atomic mass is 16.2. The summed E-state index contributed by atoms with van der Waals surface area (Å²) in [7, 11) is 0. The maximum absolute atomic E-state index is 12.8. The molecule has 2 aromatic carbocycles. The quantitative estimate of drug-likeness (QED) is 0.499. The Hall–Kier alpha value is -3.78. The van der Waals surface area contributed by atoms with Crippen LogP contribution in [0, 0.1) is 0 Å². The van der Waals surface area contributed by atoms with Gasteiger partial charge in [0.2, 0.25) is 12.8 Å². The highest BCUT2D eigenvalue weighted by Crippen LogP contribution is 2.24. The lowest BCUT2D eigenvalue weighted by molar-refractivity contribution is -0.110. The molecule has 0 bridgehead atoms. The molecule has 5 rings (SSSR count). The van der Waals surface area contributed by atoms with Crippen molar-refractivity contribution in [3.8, 4) is 0 Å². The van der Waals surface area contributed by atoms with Crippen molar-refractivity contribution in [1.82, 2.24) is 20.1 Å². The van der Waals surface area contributed by atoms with Crippen LogP contribution in [0.4, 0.5) is 0 Å². The first kappa shape index (κ1) is 28.8. The molecule has 2 heterocycles. The Morgan fingerprint density at radius 1 is 0.947 bits per heavy atom. The Bertz CT molecular complexity index is 1140. The van der Waals surface area contributed by atoms with Crippen molar-refractivity contribution in [1.29, 1.82) is 0 Å². The Morgan fingerprint density at radius 3 is 2.18 bits per heavy atom. The van der Waals surface area contributed by atoms with E-state index < -0.39 is 0 Å². The number of rotatable bonds is 5. The van der Waals surface area contributed by atoms with E-state index in [2.05, 4.69) is 20.9 Å². The first-order valence-corrected chi connectivity index (χ1v) is 13.4. The van der Waals surface area contributed by atoms with Crippen LogP contribution in [-0.2, 0) is 9.59 Å². The third-order valence-corrected chi connectivity index (χ3v) is 7.16. The normalized spacial score (nSPS) is 16.7. The monoisotopic (exact) mass is 517 g/mol. The van der Waals surface area contributed by atoms with Gasteiger partial charge in [-0.3, -0.25) is 24.3 Å². The number of nitrogens with one attached hydrogen (secondary N) is 1. The SMILES string of the molecule is CC(NC=O)c1ccccc1.NC=O.O=C(c1cc2ccccc2cn1)N1CCN(C2CCCCC2)CC1. The van der Waals surface area contributed by atoms with Crippen LogP contribution in [0.5, 0.6) is 0 Å². The fourth-order valence-corrected chi connectivity index (χ4v) is 5.04. The molecule has 1 unspecified atom stereocenters. The molecular formula is C30H39N5O3. The molecule has 1 aliphatic heterocycles. The second kappa shape index (κ2) is 15.5. The number of carbonyl (C=O) groups excluding carboxylic acids is 3. The van der Waals surface area contributed by atoms with E-state index in [1.165, 1.54) is 32.1 Å². The number of nitrogens with zero attached hydrogens (tertiary/aromatic N) is 3. The van der Waals surface area contributed by atoms with Crippen LogP contribution in [0.25, 0.3) is 10.8 Å². The van der Waals surface area contributed by atoms with Crippen molar-refractivity contribution in [2.75, 3.05) is 26.2 Å². The predicted octanol–water partition coefficient (Wildman–Crippen LogP) is 3.92. The summed E-state index contributed by atoms with van der Waals surface area (Å²) in [6.07, 6.45) is 9.57. The van der Waals surface area contributed by atoms with E-state index in [4.69, 9.17) is 4.79 Å².